The van der Waals surface area contributed by atoms with Crippen molar-refractivity contribution in [2.45, 2.75) is 71.9 Å². The normalized spacial score (nSPS) is 13.0. The van der Waals surface area contributed by atoms with Crippen LogP contribution in [-0.4, -0.2) is 32.8 Å². The van der Waals surface area contributed by atoms with Crippen molar-refractivity contribution < 1.29 is 14.7 Å². The quantitative estimate of drug-likeness (QED) is 0.810. The van der Waals surface area contributed by atoms with Crippen LogP contribution in [-0.2, 0) is 16.8 Å². The summed E-state index contributed by atoms with van der Waals surface area (Å²) in [4.78, 5) is 23.7. The van der Waals surface area contributed by atoms with E-state index in [1.54, 1.807) is 0 Å². The van der Waals surface area contributed by atoms with Crippen LogP contribution in [0.5, 0.6) is 0 Å². The van der Waals surface area contributed by atoms with Gasteiger partial charge in [-0.2, -0.15) is 5.10 Å². The van der Waals surface area contributed by atoms with E-state index in [1.807, 2.05) is 39.3 Å². The van der Waals surface area contributed by atoms with Crippen molar-refractivity contribution in [1.82, 2.24) is 15.1 Å². The number of carbonyl (C=O) groups excluding carboxylic acids is 1. The lowest BCUT2D eigenvalue weighted by atomic mass is 10.1. The smallest absolute Gasteiger partial charge is 0.326 e. The van der Waals surface area contributed by atoms with E-state index in [0.29, 0.717) is 18.4 Å². The summed E-state index contributed by atoms with van der Waals surface area (Å²) in [5.41, 5.74) is 1.06. The summed E-state index contributed by atoms with van der Waals surface area (Å²) in [7, 11) is 0. The molecule has 22 heavy (non-hydrogen) atoms. The second kappa shape index (κ2) is 7.42. The predicted octanol–water partition coefficient (Wildman–Crippen LogP) is 2.57. The Morgan fingerprint density at radius 3 is 2.45 bits per heavy atom. The van der Waals surface area contributed by atoms with Gasteiger partial charge in [-0.1, -0.05) is 26.7 Å². The van der Waals surface area contributed by atoms with E-state index in [4.69, 9.17) is 0 Å². The average molecular weight is 309 g/mol. The first-order valence-electron chi connectivity index (χ1n) is 7.83. The molecule has 1 aromatic heterocycles. The number of nitrogens with one attached hydrogen (secondary N) is 1. The highest BCUT2D eigenvalue weighted by Crippen LogP contribution is 2.20. The number of aromatic nitrogens is 2. The highest BCUT2D eigenvalue weighted by Gasteiger charge is 2.26. The molecular formula is C16H27N3O3. The Kier molecular flexibility index (Phi) is 6.14. The van der Waals surface area contributed by atoms with Crippen molar-refractivity contribution in [2.24, 2.45) is 0 Å². The van der Waals surface area contributed by atoms with Gasteiger partial charge >= 0.3 is 5.97 Å². The molecule has 0 aromatic carbocycles. The molecule has 0 aliphatic carbocycles. The zero-order valence-electron chi connectivity index (χ0n) is 14.1. The van der Waals surface area contributed by atoms with Crippen molar-refractivity contribution >= 4 is 11.9 Å². The number of carboxylic acids is 1. The maximum Gasteiger partial charge on any atom is 0.326 e. The highest BCUT2D eigenvalue weighted by molar-refractivity contribution is 5.97. The van der Waals surface area contributed by atoms with Gasteiger partial charge in [0.1, 0.15) is 6.04 Å². The standard InChI is InChI=1S/C16H27N3O3/c1-6-8-9-12(15(21)22)18-14(20)11-10-17-19(13(11)7-2)16(3,4)5/h10,12H,6-9H2,1-5H3,(H,18,20)(H,21,22)/t12-/m0/s1. The lowest BCUT2D eigenvalue weighted by Gasteiger charge is -2.22. The number of rotatable bonds is 7. The SMILES string of the molecule is CCCC[C@H](NC(=O)c1cnn(C(C)(C)C)c1CC)C(=O)O. The second-order valence-electron chi connectivity index (χ2n) is 6.45. The molecule has 6 heteroatoms. The molecular weight excluding hydrogens is 282 g/mol. The Bertz CT molecular complexity index is 529. The first kappa shape index (κ1) is 18.2. The van der Waals surface area contributed by atoms with E-state index < -0.39 is 12.0 Å². The molecule has 0 aliphatic rings. The van der Waals surface area contributed by atoms with Crippen molar-refractivity contribution in [3.05, 3.63) is 17.5 Å². The highest BCUT2D eigenvalue weighted by atomic mass is 16.4. The fraction of sp³-hybridized carbons (Fsp3) is 0.688. The number of hydrogen-bond donors (Lipinski definition) is 2. The average Bonchev–Trinajstić information content (AvgIpc) is 2.86. The minimum atomic E-state index is -0.997. The van der Waals surface area contributed by atoms with E-state index in [2.05, 4.69) is 10.4 Å². The predicted molar refractivity (Wildman–Crippen MR) is 85.0 cm³/mol. The molecule has 1 atom stereocenters. The van der Waals surface area contributed by atoms with Crippen molar-refractivity contribution in [3.63, 3.8) is 0 Å². The summed E-state index contributed by atoms with van der Waals surface area (Å²) >= 11 is 0. The fourth-order valence-electron chi connectivity index (χ4n) is 2.38. The third-order valence-electron chi connectivity index (χ3n) is 3.53. The molecule has 0 spiro atoms. The summed E-state index contributed by atoms with van der Waals surface area (Å²) in [5, 5.41) is 16.1. The summed E-state index contributed by atoms with van der Waals surface area (Å²) in [5.74, 6) is -1.36. The number of unbranched alkanes of at least 4 members (excludes halogenated alkanes) is 1. The Morgan fingerprint density at radius 1 is 1.36 bits per heavy atom. The molecule has 1 heterocycles. The lowest BCUT2D eigenvalue weighted by molar-refractivity contribution is -0.139. The van der Waals surface area contributed by atoms with E-state index in [9.17, 15) is 14.7 Å². The van der Waals surface area contributed by atoms with Crippen LogP contribution in [0.15, 0.2) is 6.20 Å². The Morgan fingerprint density at radius 2 is 2.00 bits per heavy atom. The van der Waals surface area contributed by atoms with Crippen molar-refractivity contribution in [1.29, 1.82) is 0 Å². The number of aliphatic carboxylic acids is 1. The van der Waals surface area contributed by atoms with Crippen LogP contribution < -0.4 is 5.32 Å². The Labute approximate surface area is 131 Å². The minimum absolute atomic E-state index is 0.224. The number of hydrogen-bond acceptors (Lipinski definition) is 3. The van der Waals surface area contributed by atoms with Gasteiger partial charge in [0.15, 0.2) is 0 Å². The largest absolute Gasteiger partial charge is 0.480 e. The van der Waals surface area contributed by atoms with Gasteiger partial charge < -0.3 is 10.4 Å². The van der Waals surface area contributed by atoms with Gasteiger partial charge in [0.05, 0.1) is 23.0 Å². The van der Waals surface area contributed by atoms with Gasteiger partial charge in [0.2, 0.25) is 0 Å². The molecule has 124 valence electrons. The van der Waals surface area contributed by atoms with E-state index in [-0.39, 0.29) is 11.4 Å². The first-order chi connectivity index (χ1) is 10.2. The van der Waals surface area contributed by atoms with E-state index in [0.717, 1.165) is 18.5 Å². The van der Waals surface area contributed by atoms with Gasteiger partial charge in [-0.05, 0) is 33.6 Å². The van der Waals surface area contributed by atoms with Gasteiger partial charge in [-0.3, -0.25) is 9.48 Å². The fourth-order valence-corrected chi connectivity index (χ4v) is 2.38. The molecule has 1 amide bonds. The number of nitrogens with zero attached hydrogens (tertiary/aromatic N) is 2. The number of amides is 1. The molecule has 0 bridgehead atoms. The molecule has 0 saturated carbocycles. The molecule has 0 saturated heterocycles. The minimum Gasteiger partial charge on any atom is -0.480 e. The first-order valence-corrected chi connectivity index (χ1v) is 7.83. The molecule has 6 nitrogen and oxygen atoms in total. The Hall–Kier alpha value is -1.85. The van der Waals surface area contributed by atoms with Gasteiger partial charge in [-0.15, -0.1) is 0 Å². The van der Waals surface area contributed by atoms with Gasteiger partial charge in [-0.25, -0.2) is 4.79 Å². The summed E-state index contributed by atoms with van der Waals surface area (Å²) < 4.78 is 1.82. The monoisotopic (exact) mass is 309 g/mol. The summed E-state index contributed by atoms with van der Waals surface area (Å²) in [6.07, 6.45) is 4.28. The molecule has 0 unspecified atom stereocenters. The van der Waals surface area contributed by atoms with Crippen LogP contribution in [0.1, 0.15) is 69.9 Å². The zero-order chi connectivity index (χ0) is 16.9. The zero-order valence-corrected chi connectivity index (χ0v) is 14.1. The van der Waals surface area contributed by atoms with Crippen LogP contribution in [0.2, 0.25) is 0 Å². The van der Waals surface area contributed by atoms with Crippen LogP contribution in [0, 0.1) is 0 Å². The van der Waals surface area contributed by atoms with Crippen LogP contribution in [0.3, 0.4) is 0 Å². The van der Waals surface area contributed by atoms with Crippen molar-refractivity contribution in [3.8, 4) is 0 Å². The topological polar surface area (TPSA) is 84.2 Å². The summed E-state index contributed by atoms with van der Waals surface area (Å²) in [6, 6.07) is -0.852. The van der Waals surface area contributed by atoms with Crippen LogP contribution in [0.4, 0.5) is 0 Å². The molecule has 1 rings (SSSR count). The van der Waals surface area contributed by atoms with Gasteiger partial charge in [0.25, 0.3) is 5.91 Å². The maximum absolute atomic E-state index is 12.4. The maximum atomic E-state index is 12.4. The molecule has 2 N–H and O–H groups in total. The molecule has 0 fully saturated rings. The van der Waals surface area contributed by atoms with Crippen LogP contribution in [0.25, 0.3) is 0 Å². The van der Waals surface area contributed by atoms with E-state index >= 15 is 0 Å². The molecule has 0 aliphatic heterocycles. The Balaban J connectivity index is 2.98. The van der Waals surface area contributed by atoms with Crippen molar-refractivity contribution in [2.75, 3.05) is 0 Å². The lowest BCUT2D eigenvalue weighted by Crippen LogP contribution is -2.41. The number of carboxylic acid groups (broad SMARTS) is 1. The second-order valence-corrected chi connectivity index (χ2v) is 6.45. The molecule has 1 aromatic rings. The number of carbonyl (C=O) groups is 2. The van der Waals surface area contributed by atoms with Gasteiger partial charge in [0, 0.05) is 0 Å². The third kappa shape index (κ3) is 4.32. The molecule has 0 radical (unpaired) electrons. The van der Waals surface area contributed by atoms with Crippen LogP contribution >= 0.6 is 0 Å². The summed E-state index contributed by atoms with van der Waals surface area (Å²) in [6.45, 7) is 10.00. The third-order valence-corrected chi connectivity index (χ3v) is 3.53. The van der Waals surface area contributed by atoms with E-state index in [1.165, 1.54) is 6.20 Å².